The van der Waals surface area contributed by atoms with E-state index in [4.69, 9.17) is 0 Å². The van der Waals surface area contributed by atoms with Gasteiger partial charge in [-0.3, -0.25) is 15.0 Å². The molecule has 0 aliphatic carbocycles. The third kappa shape index (κ3) is 7.51. The van der Waals surface area contributed by atoms with Crippen LogP contribution in [-0.2, 0) is 14.9 Å². The highest BCUT2D eigenvalue weighted by Gasteiger charge is 2.13. The van der Waals surface area contributed by atoms with Gasteiger partial charge in [-0.15, -0.1) is 0 Å². The molecule has 0 aromatic carbocycles. The van der Waals surface area contributed by atoms with Crippen LogP contribution in [0.2, 0.25) is 0 Å². The second-order valence-electron chi connectivity index (χ2n) is 5.23. The Labute approximate surface area is 120 Å². The average molecular weight is 277 g/mol. The molecule has 0 atom stereocenters. The minimum atomic E-state index is 0.182. The topological polar surface area (TPSA) is 56.1 Å². The number of rotatable bonds is 0. The van der Waals surface area contributed by atoms with E-state index in [0.29, 0.717) is 0 Å². The quantitative estimate of drug-likeness (QED) is 0.732. The summed E-state index contributed by atoms with van der Waals surface area (Å²) in [7, 11) is 0. The van der Waals surface area contributed by atoms with Crippen LogP contribution < -0.4 is 0 Å². The highest BCUT2D eigenvalue weighted by molar-refractivity contribution is 5.48. The molecule has 0 N–H and O–H groups in total. The zero-order chi connectivity index (χ0) is 14.7. The first-order valence-corrected chi connectivity index (χ1v) is 6.72. The lowest BCUT2D eigenvalue weighted by atomic mass is 9.92. The second-order valence-corrected chi connectivity index (χ2v) is 5.23. The van der Waals surface area contributed by atoms with Gasteiger partial charge >= 0.3 is 0 Å². The van der Waals surface area contributed by atoms with Gasteiger partial charge < -0.3 is 9.47 Å². The Balaban J connectivity index is 0.000000167. The molecular formula is C15H23N3O2. The van der Waals surface area contributed by atoms with Crippen molar-refractivity contribution in [2.24, 2.45) is 9.98 Å². The van der Waals surface area contributed by atoms with Crippen LogP contribution in [0.3, 0.4) is 0 Å². The molecule has 5 nitrogen and oxygen atoms in total. The van der Waals surface area contributed by atoms with Crippen LogP contribution in [0, 0.1) is 0 Å². The Bertz CT molecular complexity index is 383. The number of aromatic nitrogens is 1. The largest absolute Gasteiger partial charge is 0.482 e. The van der Waals surface area contributed by atoms with Gasteiger partial charge in [0.15, 0.2) is 12.8 Å². The molecule has 3 heterocycles. The van der Waals surface area contributed by atoms with Crippen LogP contribution in [0.15, 0.2) is 34.4 Å². The van der Waals surface area contributed by atoms with E-state index in [1.54, 1.807) is 0 Å². The Morgan fingerprint density at radius 3 is 1.75 bits per heavy atom. The van der Waals surface area contributed by atoms with Crippen molar-refractivity contribution in [2.45, 2.75) is 26.2 Å². The highest BCUT2D eigenvalue weighted by atomic mass is 16.5. The maximum Gasteiger partial charge on any atom is 0.169 e. The molecular weight excluding hydrogens is 254 g/mol. The van der Waals surface area contributed by atoms with E-state index in [1.807, 2.05) is 18.3 Å². The smallest absolute Gasteiger partial charge is 0.169 e. The number of nitrogens with zero attached hydrogens (tertiary/aromatic N) is 3. The molecule has 2 aliphatic heterocycles. The first-order valence-electron chi connectivity index (χ1n) is 6.72. The van der Waals surface area contributed by atoms with Crippen LogP contribution in [0.25, 0.3) is 0 Å². The molecule has 0 radical (unpaired) electrons. The Hall–Kier alpha value is -1.91. The molecule has 0 bridgehead atoms. The molecule has 0 saturated carbocycles. The van der Waals surface area contributed by atoms with E-state index in [-0.39, 0.29) is 5.41 Å². The van der Waals surface area contributed by atoms with Crippen molar-refractivity contribution in [1.82, 2.24) is 4.98 Å². The van der Waals surface area contributed by atoms with Crippen LogP contribution in [0.4, 0.5) is 0 Å². The summed E-state index contributed by atoms with van der Waals surface area (Å²) < 4.78 is 9.31. The van der Waals surface area contributed by atoms with Crippen molar-refractivity contribution in [3.05, 3.63) is 30.1 Å². The average Bonchev–Trinajstić information content (AvgIpc) is 3.17. The van der Waals surface area contributed by atoms with E-state index in [9.17, 15) is 0 Å². The standard InChI is InChI=1S/C9H13N.2C3H5NO/c1-9(2,3)8-6-4-5-7-10-8;2*1-2-5-3-4-1/h4-7H,1-3H3;2*3H,1-2H2. The summed E-state index contributed by atoms with van der Waals surface area (Å²) in [6.07, 6.45) is 4.81. The molecule has 110 valence electrons. The molecule has 0 saturated heterocycles. The summed E-state index contributed by atoms with van der Waals surface area (Å²) >= 11 is 0. The number of pyridine rings is 1. The summed E-state index contributed by atoms with van der Waals surface area (Å²) in [6.45, 7) is 9.74. The van der Waals surface area contributed by atoms with Gasteiger partial charge in [-0.2, -0.15) is 0 Å². The maximum absolute atomic E-state index is 4.65. The van der Waals surface area contributed by atoms with Gasteiger partial charge in [0, 0.05) is 17.3 Å². The molecule has 0 amide bonds. The number of aliphatic imine (C=N–C) groups is 2. The molecule has 5 heteroatoms. The Morgan fingerprint density at radius 2 is 1.55 bits per heavy atom. The predicted octanol–water partition coefficient (Wildman–Crippen LogP) is 2.47. The van der Waals surface area contributed by atoms with Crippen molar-refractivity contribution in [2.75, 3.05) is 26.3 Å². The molecule has 1 aromatic heterocycles. The zero-order valence-electron chi connectivity index (χ0n) is 12.5. The number of hydrogen-bond acceptors (Lipinski definition) is 5. The maximum atomic E-state index is 4.65. The molecule has 2 aliphatic rings. The normalized spacial score (nSPS) is 15.3. The summed E-state index contributed by atoms with van der Waals surface area (Å²) in [4.78, 5) is 11.7. The lowest BCUT2D eigenvalue weighted by molar-refractivity contribution is 0.361. The lowest BCUT2D eigenvalue weighted by Crippen LogP contribution is -2.12. The van der Waals surface area contributed by atoms with E-state index in [0.717, 1.165) is 32.0 Å². The van der Waals surface area contributed by atoms with Crippen LogP contribution >= 0.6 is 0 Å². The predicted molar refractivity (Wildman–Crippen MR) is 81.6 cm³/mol. The summed E-state index contributed by atoms with van der Waals surface area (Å²) in [5.41, 5.74) is 1.33. The lowest BCUT2D eigenvalue weighted by Gasteiger charge is -2.16. The third-order valence-corrected chi connectivity index (χ3v) is 2.41. The van der Waals surface area contributed by atoms with Crippen molar-refractivity contribution in [3.63, 3.8) is 0 Å². The van der Waals surface area contributed by atoms with Crippen LogP contribution in [0.5, 0.6) is 0 Å². The Morgan fingerprint density at radius 1 is 0.950 bits per heavy atom. The fraction of sp³-hybridized carbons (Fsp3) is 0.533. The van der Waals surface area contributed by atoms with E-state index >= 15 is 0 Å². The van der Waals surface area contributed by atoms with Crippen molar-refractivity contribution in [1.29, 1.82) is 0 Å². The minimum Gasteiger partial charge on any atom is -0.482 e. The van der Waals surface area contributed by atoms with Gasteiger partial charge in [-0.05, 0) is 12.1 Å². The van der Waals surface area contributed by atoms with Gasteiger partial charge in [0.25, 0.3) is 0 Å². The van der Waals surface area contributed by atoms with Gasteiger partial charge in [-0.25, -0.2) is 0 Å². The van der Waals surface area contributed by atoms with Gasteiger partial charge in [0.05, 0.1) is 13.1 Å². The van der Waals surface area contributed by atoms with Gasteiger partial charge in [0.1, 0.15) is 13.2 Å². The van der Waals surface area contributed by atoms with Crippen molar-refractivity contribution < 1.29 is 9.47 Å². The fourth-order valence-corrected chi connectivity index (χ4v) is 1.33. The summed E-state index contributed by atoms with van der Waals surface area (Å²) in [5.74, 6) is 0. The fourth-order valence-electron chi connectivity index (χ4n) is 1.33. The van der Waals surface area contributed by atoms with Crippen molar-refractivity contribution in [3.8, 4) is 0 Å². The number of hydrogen-bond donors (Lipinski definition) is 0. The molecule has 0 spiro atoms. The van der Waals surface area contributed by atoms with Crippen LogP contribution in [-0.4, -0.2) is 44.1 Å². The Kier molecular flexibility index (Phi) is 7.32. The van der Waals surface area contributed by atoms with E-state index in [1.165, 1.54) is 12.8 Å². The summed E-state index contributed by atoms with van der Waals surface area (Å²) in [5, 5.41) is 0. The van der Waals surface area contributed by atoms with Crippen LogP contribution in [0.1, 0.15) is 26.5 Å². The first kappa shape index (κ1) is 16.1. The molecule has 3 rings (SSSR count). The van der Waals surface area contributed by atoms with Crippen molar-refractivity contribution >= 4 is 12.8 Å². The zero-order valence-corrected chi connectivity index (χ0v) is 12.5. The first-order chi connectivity index (χ1) is 9.61. The monoisotopic (exact) mass is 277 g/mol. The van der Waals surface area contributed by atoms with Gasteiger partial charge in [0.2, 0.25) is 0 Å². The minimum absolute atomic E-state index is 0.182. The molecule has 1 aromatic rings. The molecule has 0 unspecified atom stereocenters. The second kappa shape index (κ2) is 9.07. The van der Waals surface area contributed by atoms with E-state index in [2.05, 4.69) is 51.3 Å². The third-order valence-electron chi connectivity index (χ3n) is 2.41. The summed E-state index contributed by atoms with van der Waals surface area (Å²) in [6, 6.07) is 6.02. The van der Waals surface area contributed by atoms with E-state index < -0.39 is 0 Å². The highest BCUT2D eigenvalue weighted by Crippen LogP contribution is 2.18. The SMILES string of the molecule is C1=NCCO1.C1=NCCO1.CC(C)(C)c1ccccn1. The molecule has 20 heavy (non-hydrogen) atoms. The number of ether oxygens (including phenoxy) is 2. The van der Waals surface area contributed by atoms with Gasteiger partial charge in [-0.1, -0.05) is 26.8 Å². The molecule has 0 fully saturated rings.